The van der Waals surface area contributed by atoms with Gasteiger partial charge in [-0.3, -0.25) is 14.4 Å². The number of nitrogens with zero attached hydrogens (tertiary/aromatic N) is 2. The maximum Gasteiger partial charge on any atom is 0.262 e. The van der Waals surface area contributed by atoms with Gasteiger partial charge in [-0.05, 0) is 68.7 Å². The van der Waals surface area contributed by atoms with Crippen molar-refractivity contribution in [1.29, 1.82) is 0 Å². The molecular weight excluding hydrogens is 464 g/mol. The first-order valence-electron chi connectivity index (χ1n) is 11.8. The van der Waals surface area contributed by atoms with Gasteiger partial charge in [-0.15, -0.1) is 0 Å². The number of carbonyl (C=O) groups excluding carboxylic acids is 3. The Bertz CT molecular complexity index is 1110. The lowest BCUT2D eigenvalue weighted by atomic mass is 10.1. The molecule has 9 heteroatoms. The van der Waals surface area contributed by atoms with Crippen LogP contribution in [0.25, 0.3) is 0 Å². The van der Waals surface area contributed by atoms with E-state index in [4.69, 9.17) is 4.74 Å². The van der Waals surface area contributed by atoms with E-state index in [9.17, 15) is 14.4 Å². The molecule has 0 spiro atoms. The molecular formula is C26H30N4O4S. The monoisotopic (exact) mass is 494 g/mol. The largest absolute Gasteiger partial charge is 0.374 e. The summed E-state index contributed by atoms with van der Waals surface area (Å²) >= 11 is 1.37. The zero-order valence-corrected chi connectivity index (χ0v) is 20.8. The van der Waals surface area contributed by atoms with E-state index in [1.165, 1.54) is 11.8 Å². The van der Waals surface area contributed by atoms with Gasteiger partial charge in [-0.25, -0.2) is 0 Å². The van der Waals surface area contributed by atoms with E-state index < -0.39 is 5.25 Å². The predicted molar refractivity (Wildman–Crippen MR) is 139 cm³/mol. The van der Waals surface area contributed by atoms with Gasteiger partial charge in [0.15, 0.2) is 5.17 Å². The number of ether oxygens (including phenoxy) is 1. The summed E-state index contributed by atoms with van der Waals surface area (Å²) in [7, 11) is 0. The van der Waals surface area contributed by atoms with Gasteiger partial charge in [0.2, 0.25) is 5.91 Å². The molecule has 1 saturated heterocycles. The minimum Gasteiger partial charge on any atom is -0.374 e. The van der Waals surface area contributed by atoms with Gasteiger partial charge >= 0.3 is 0 Å². The Kier molecular flexibility index (Phi) is 8.20. The highest BCUT2D eigenvalue weighted by atomic mass is 32.2. The highest BCUT2D eigenvalue weighted by Gasteiger charge is 2.33. The smallest absolute Gasteiger partial charge is 0.262 e. The van der Waals surface area contributed by atoms with Crippen LogP contribution < -0.4 is 10.6 Å². The predicted octanol–water partition coefficient (Wildman–Crippen LogP) is 4.29. The summed E-state index contributed by atoms with van der Waals surface area (Å²) in [5, 5.41) is 5.94. The van der Waals surface area contributed by atoms with Crippen molar-refractivity contribution >= 4 is 46.0 Å². The number of nitrogens with one attached hydrogen (secondary N) is 2. The second-order valence-electron chi connectivity index (χ2n) is 8.88. The molecule has 0 radical (unpaired) electrons. The summed E-state index contributed by atoms with van der Waals surface area (Å²) < 4.78 is 5.62. The van der Waals surface area contributed by atoms with Crippen LogP contribution >= 0.6 is 11.8 Å². The highest BCUT2D eigenvalue weighted by Crippen LogP contribution is 2.29. The summed E-state index contributed by atoms with van der Waals surface area (Å²) in [5.41, 5.74) is 2.70. The molecule has 2 aromatic carbocycles. The molecule has 3 amide bonds. The van der Waals surface area contributed by atoms with Crippen molar-refractivity contribution in [2.24, 2.45) is 4.99 Å². The number of anilines is 2. The van der Waals surface area contributed by atoms with Crippen LogP contribution in [0, 0.1) is 0 Å². The van der Waals surface area contributed by atoms with Crippen LogP contribution in [0.5, 0.6) is 0 Å². The third-order valence-corrected chi connectivity index (χ3v) is 6.89. The standard InChI is InChI=1S/C26H30N4O4S/c1-17(2)34-16-18-6-5-7-21(14-18)28-24(32)19-8-10-20(11-9-19)27-23(31)15-22-25(33)29-26(35-22)30-12-3-4-13-30/h5-11,14,17,22H,3-4,12-13,15-16H2,1-2H3,(H,27,31)(H,28,32). The molecule has 4 rings (SSSR count). The SMILES string of the molecule is CC(C)OCc1cccc(NC(=O)c2ccc(NC(=O)CC3SC(N4CCCC4)=NC3=O)cc2)c1. The average Bonchev–Trinajstić information content (AvgIpc) is 3.49. The first kappa shape index (κ1) is 24.9. The van der Waals surface area contributed by atoms with E-state index in [0.717, 1.165) is 36.7 Å². The number of amidine groups is 1. The van der Waals surface area contributed by atoms with Gasteiger partial charge in [0.1, 0.15) is 5.25 Å². The van der Waals surface area contributed by atoms with Crippen molar-refractivity contribution in [3.8, 4) is 0 Å². The lowest BCUT2D eigenvalue weighted by Crippen LogP contribution is -2.25. The lowest BCUT2D eigenvalue weighted by molar-refractivity contribution is -0.121. The van der Waals surface area contributed by atoms with Crippen molar-refractivity contribution in [3.63, 3.8) is 0 Å². The highest BCUT2D eigenvalue weighted by molar-refractivity contribution is 8.15. The fourth-order valence-corrected chi connectivity index (χ4v) is 4.96. The number of rotatable bonds is 8. The zero-order chi connectivity index (χ0) is 24.8. The molecule has 0 saturated carbocycles. The Morgan fingerprint density at radius 1 is 1.09 bits per heavy atom. The topological polar surface area (TPSA) is 100 Å². The number of amides is 3. The Balaban J connectivity index is 1.27. The molecule has 1 atom stereocenters. The number of hydrogen-bond donors (Lipinski definition) is 2. The molecule has 2 aromatic rings. The van der Waals surface area contributed by atoms with Gasteiger partial charge in [0.05, 0.1) is 12.7 Å². The van der Waals surface area contributed by atoms with Crippen molar-refractivity contribution in [2.45, 2.75) is 51.1 Å². The lowest BCUT2D eigenvalue weighted by Gasteiger charge is -2.16. The molecule has 0 aromatic heterocycles. The van der Waals surface area contributed by atoms with Crippen molar-refractivity contribution in [3.05, 3.63) is 59.7 Å². The number of aliphatic imine (C=N–C) groups is 1. The number of thioether (sulfide) groups is 1. The summed E-state index contributed by atoms with van der Waals surface area (Å²) in [6.45, 7) is 6.26. The number of carbonyl (C=O) groups is 3. The Labute approximate surface area is 209 Å². The molecule has 0 bridgehead atoms. The number of likely N-dealkylation sites (tertiary alicyclic amines) is 1. The van der Waals surface area contributed by atoms with Crippen LogP contribution in [0.15, 0.2) is 53.5 Å². The molecule has 35 heavy (non-hydrogen) atoms. The van der Waals surface area contributed by atoms with Gasteiger partial charge in [0.25, 0.3) is 11.8 Å². The van der Waals surface area contributed by atoms with Gasteiger partial charge < -0.3 is 20.3 Å². The Morgan fingerprint density at radius 2 is 1.83 bits per heavy atom. The van der Waals surface area contributed by atoms with E-state index in [0.29, 0.717) is 23.5 Å². The second kappa shape index (κ2) is 11.5. The first-order chi connectivity index (χ1) is 16.9. The van der Waals surface area contributed by atoms with Crippen LogP contribution in [-0.4, -0.2) is 52.2 Å². The van der Waals surface area contributed by atoms with Gasteiger partial charge in [0, 0.05) is 36.4 Å². The van der Waals surface area contributed by atoms with E-state index in [1.807, 2.05) is 38.1 Å². The molecule has 184 valence electrons. The quantitative estimate of drug-likeness (QED) is 0.568. The van der Waals surface area contributed by atoms with Gasteiger partial charge in [-0.2, -0.15) is 4.99 Å². The fraction of sp³-hybridized carbons (Fsp3) is 0.385. The molecule has 0 aliphatic carbocycles. The van der Waals surface area contributed by atoms with Crippen LogP contribution in [0.2, 0.25) is 0 Å². The Morgan fingerprint density at radius 3 is 2.54 bits per heavy atom. The average molecular weight is 495 g/mol. The van der Waals surface area contributed by atoms with E-state index in [-0.39, 0.29) is 30.2 Å². The summed E-state index contributed by atoms with van der Waals surface area (Å²) in [4.78, 5) is 43.6. The maximum absolute atomic E-state index is 12.6. The van der Waals surface area contributed by atoms with Crippen LogP contribution in [0.1, 0.15) is 49.0 Å². The number of benzene rings is 2. The molecule has 1 fully saturated rings. The second-order valence-corrected chi connectivity index (χ2v) is 10.0. The normalized spacial score (nSPS) is 17.6. The van der Waals surface area contributed by atoms with Crippen LogP contribution in [0.4, 0.5) is 11.4 Å². The van der Waals surface area contributed by atoms with Gasteiger partial charge in [-0.1, -0.05) is 23.9 Å². The summed E-state index contributed by atoms with van der Waals surface area (Å²) in [5.74, 6) is -0.755. The first-order valence-corrected chi connectivity index (χ1v) is 12.7. The van der Waals surface area contributed by atoms with Crippen molar-refractivity contribution in [1.82, 2.24) is 4.90 Å². The molecule has 2 aliphatic rings. The minimum absolute atomic E-state index is 0.0590. The molecule has 8 nitrogen and oxygen atoms in total. The maximum atomic E-state index is 12.6. The van der Waals surface area contributed by atoms with Crippen LogP contribution in [0.3, 0.4) is 0 Å². The molecule has 1 unspecified atom stereocenters. The fourth-order valence-electron chi connectivity index (χ4n) is 3.84. The van der Waals surface area contributed by atoms with Crippen molar-refractivity contribution in [2.75, 3.05) is 23.7 Å². The molecule has 2 N–H and O–H groups in total. The third-order valence-electron chi connectivity index (χ3n) is 5.68. The van der Waals surface area contributed by atoms with E-state index >= 15 is 0 Å². The molecule has 2 aliphatic heterocycles. The molecule has 2 heterocycles. The minimum atomic E-state index is -0.489. The van der Waals surface area contributed by atoms with E-state index in [2.05, 4.69) is 20.5 Å². The zero-order valence-electron chi connectivity index (χ0n) is 20.0. The van der Waals surface area contributed by atoms with Crippen LogP contribution in [-0.2, 0) is 20.9 Å². The third kappa shape index (κ3) is 6.93. The Hall–Kier alpha value is -3.17. The summed E-state index contributed by atoms with van der Waals surface area (Å²) in [6.07, 6.45) is 2.40. The summed E-state index contributed by atoms with van der Waals surface area (Å²) in [6, 6.07) is 14.2. The van der Waals surface area contributed by atoms with Crippen molar-refractivity contribution < 1.29 is 19.1 Å². The van der Waals surface area contributed by atoms with E-state index in [1.54, 1.807) is 24.3 Å². The number of hydrogen-bond acceptors (Lipinski definition) is 6.